The van der Waals surface area contributed by atoms with Gasteiger partial charge >= 0.3 is 5.97 Å². The molecule has 88 valence electrons. The van der Waals surface area contributed by atoms with Crippen LogP contribution >= 0.6 is 0 Å². The zero-order chi connectivity index (χ0) is 12.3. The average Bonchev–Trinajstić information content (AvgIpc) is 2.78. The molecule has 0 spiro atoms. The van der Waals surface area contributed by atoms with E-state index in [4.69, 9.17) is 9.84 Å². The van der Waals surface area contributed by atoms with Crippen molar-refractivity contribution in [2.75, 3.05) is 7.11 Å². The lowest BCUT2D eigenvalue weighted by Crippen LogP contribution is -2.00. The van der Waals surface area contributed by atoms with Gasteiger partial charge in [0.25, 0.3) is 0 Å². The largest absolute Gasteiger partial charge is 0.497 e. The van der Waals surface area contributed by atoms with Gasteiger partial charge in [-0.05, 0) is 23.8 Å². The maximum absolute atomic E-state index is 10.9. The summed E-state index contributed by atoms with van der Waals surface area (Å²) in [6.45, 7) is 0. The molecule has 0 aliphatic heterocycles. The van der Waals surface area contributed by atoms with Gasteiger partial charge in [0.1, 0.15) is 5.75 Å². The van der Waals surface area contributed by atoms with Crippen LogP contribution in [0.15, 0.2) is 36.5 Å². The third-order valence-corrected chi connectivity index (χ3v) is 2.60. The molecule has 1 aromatic carbocycles. The third-order valence-electron chi connectivity index (χ3n) is 2.60. The van der Waals surface area contributed by atoms with Crippen molar-refractivity contribution in [1.29, 1.82) is 0 Å². The van der Waals surface area contributed by atoms with E-state index in [1.165, 1.54) is 0 Å². The molecular weight excluding hydrogens is 218 g/mol. The zero-order valence-electron chi connectivity index (χ0n) is 9.43. The minimum atomic E-state index is -0.908. The minimum absolute atomic E-state index is 0.320. The van der Waals surface area contributed by atoms with E-state index in [0.29, 0.717) is 17.7 Å². The fraction of sp³-hybridized carbons (Fsp3) is 0.154. The Morgan fingerprint density at radius 1 is 1.29 bits per heavy atom. The molecule has 1 heterocycles. The Hall–Kier alpha value is -2.23. The van der Waals surface area contributed by atoms with Gasteiger partial charge in [0.15, 0.2) is 0 Å². The quantitative estimate of drug-likeness (QED) is 0.848. The number of H-pyrrole nitrogens is 1. The highest BCUT2D eigenvalue weighted by molar-refractivity contribution is 5.89. The van der Waals surface area contributed by atoms with Crippen LogP contribution < -0.4 is 4.74 Å². The molecule has 0 amide bonds. The van der Waals surface area contributed by atoms with Crippen molar-refractivity contribution < 1.29 is 14.6 Å². The van der Waals surface area contributed by atoms with Crippen LogP contribution in [0.4, 0.5) is 0 Å². The molecule has 0 aliphatic carbocycles. The number of hydrogen-bond donors (Lipinski definition) is 2. The number of hydrogen-bond acceptors (Lipinski definition) is 2. The predicted octanol–water partition coefficient (Wildman–Crippen LogP) is 2.31. The van der Waals surface area contributed by atoms with Crippen LogP contribution in [0.5, 0.6) is 5.75 Å². The number of carboxylic acid groups (broad SMARTS) is 1. The number of nitrogens with one attached hydrogen (secondary N) is 1. The van der Waals surface area contributed by atoms with E-state index in [1.54, 1.807) is 19.4 Å². The molecule has 2 rings (SSSR count). The number of benzene rings is 1. The highest BCUT2D eigenvalue weighted by Crippen LogP contribution is 2.16. The predicted molar refractivity (Wildman–Crippen MR) is 63.6 cm³/mol. The van der Waals surface area contributed by atoms with E-state index in [1.807, 2.05) is 24.3 Å². The molecular formula is C13H13NO3. The van der Waals surface area contributed by atoms with Crippen molar-refractivity contribution in [3.05, 3.63) is 53.3 Å². The van der Waals surface area contributed by atoms with Gasteiger partial charge in [-0.2, -0.15) is 0 Å². The van der Waals surface area contributed by atoms with Crippen LogP contribution in [0.3, 0.4) is 0 Å². The molecule has 0 fully saturated rings. The summed E-state index contributed by atoms with van der Waals surface area (Å²) >= 11 is 0. The van der Waals surface area contributed by atoms with Crippen molar-refractivity contribution in [3.63, 3.8) is 0 Å². The first kappa shape index (κ1) is 11.3. The van der Waals surface area contributed by atoms with E-state index in [-0.39, 0.29) is 0 Å². The summed E-state index contributed by atoms with van der Waals surface area (Å²) < 4.78 is 5.06. The normalized spacial score (nSPS) is 10.2. The molecule has 0 radical (unpaired) electrons. The van der Waals surface area contributed by atoms with Crippen LogP contribution in [0.1, 0.15) is 21.6 Å². The Morgan fingerprint density at radius 2 is 2.00 bits per heavy atom. The average molecular weight is 231 g/mol. The SMILES string of the molecule is COc1ccc(Cc2[nH]ccc2C(=O)O)cc1. The Balaban J connectivity index is 2.19. The Morgan fingerprint density at radius 3 is 2.59 bits per heavy atom. The lowest BCUT2D eigenvalue weighted by atomic mass is 10.1. The first-order chi connectivity index (χ1) is 8.20. The van der Waals surface area contributed by atoms with E-state index in [0.717, 1.165) is 11.3 Å². The summed E-state index contributed by atoms with van der Waals surface area (Å²) in [5.74, 6) is -0.117. The molecule has 0 saturated carbocycles. The summed E-state index contributed by atoms with van der Waals surface area (Å²) in [5.41, 5.74) is 2.07. The number of methoxy groups -OCH3 is 1. The molecule has 0 saturated heterocycles. The number of ether oxygens (including phenoxy) is 1. The van der Waals surface area contributed by atoms with Crippen LogP contribution in [-0.4, -0.2) is 23.2 Å². The Kier molecular flexibility index (Phi) is 3.14. The maximum Gasteiger partial charge on any atom is 0.337 e. The number of aromatic carboxylic acids is 1. The van der Waals surface area contributed by atoms with E-state index in [2.05, 4.69) is 4.98 Å². The second kappa shape index (κ2) is 4.74. The van der Waals surface area contributed by atoms with Gasteiger partial charge in [-0.15, -0.1) is 0 Å². The minimum Gasteiger partial charge on any atom is -0.497 e. The van der Waals surface area contributed by atoms with Crippen LogP contribution in [0.25, 0.3) is 0 Å². The first-order valence-electron chi connectivity index (χ1n) is 5.23. The number of carbonyl (C=O) groups is 1. The van der Waals surface area contributed by atoms with Crippen molar-refractivity contribution in [2.24, 2.45) is 0 Å². The molecule has 17 heavy (non-hydrogen) atoms. The van der Waals surface area contributed by atoms with Gasteiger partial charge < -0.3 is 14.8 Å². The summed E-state index contributed by atoms with van der Waals surface area (Å²) in [6.07, 6.45) is 2.21. The van der Waals surface area contributed by atoms with Gasteiger partial charge in [0, 0.05) is 18.3 Å². The summed E-state index contributed by atoms with van der Waals surface area (Å²) in [6, 6.07) is 9.13. The van der Waals surface area contributed by atoms with E-state index in [9.17, 15) is 4.79 Å². The molecule has 2 aromatic rings. The second-order valence-electron chi connectivity index (χ2n) is 3.70. The van der Waals surface area contributed by atoms with Gasteiger partial charge in [-0.3, -0.25) is 0 Å². The van der Waals surface area contributed by atoms with Crippen molar-refractivity contribution in [1.82, 2.24) is 4.98 Å². The molecule has 0 unspecified atom stereocenters. The van der Waals surface area contributed by atoms with Crippen molar-refractivity contribution in [2.45, 2.75) is 6.42 Å². The fourth-order valence-electron chi connectivity index (χ4n) is 1.70. The van der Waals surface area contributed by atoms with Crippen LogP contribution in [0, 0.1) is 0 Å². The topological polar surface area (TPSA) is 62.3 Å². The Bertz CT molecular complexity index is 514. The lowest BCUT2D eigenvalue weighted by Gasteiger charge is -2.03. The number of aromatic nitrogens is 1. The van der Waals surface area contributed by atoms with Gasteiger partial charge in [-0.1, -0.05) is 12.1 Å². The molecule has 4 heteroatoms. The zero-order valence-corrected chi connectivity index (χ0v) is 9.43. The van der Waals surface area contributed by atoms with Crippen molar-refractivity contribution >= 4 is 5.97 Å². The number of carboxylic acids is 1. The molecule has 0 aliphatic rings. The van der Waals surface area contributed by atoms with Gasteiger partial charge in [0.2, 0.25) is 0 Å². The molecule has 4 nitrogen and oxygen atoms in total. The van der Waals surface area contributed by atoms with Crippen LogP contribution in [-0.2, 0) is 6.42 Å². The Labute approximate surface area is 98.9 Å². The highest BCUT2D eigenvalue weighted by Gasteiger charge is 2.10. The van der Waals surface area contributed by atoms with E-state index < -0.39 is 5.97 Å². The van der Waals surface area contributed by atoms with Gasteiger partial charge in [-0.25, -0.2) is 4.79 Å². The number of rotatable bonds is 4. The monoisotopic (exact) mass is 231 g/mol. The summed E-state index contributed by atoms with van der Waals surface area (Å²) in [7, 11) is 1.61. The van der Waals surface area contributed by atoms with Gasteiger partial charge in [0.05, 0.1) is 12.7 Å². The molecule has 0 bridgehead atoms. The number of aromatic amines is 1. The smallest absolute Gasteiger partial charge is 0.337 e. The molecule has 2 N–H and O–H groups in total. The first-order valence-corrected chi connectivity index (χ1v) is 5.23. The standard InChI is InChI=1S/C13H13NO3/c1-17-10-4-2-9(3-5-10)8-12-11(13(15)16)6-7-14-12/h2-7,14H,8H2,1H3,(H,15,16). The summed E-state index contributed by atoms with van der Waals surface area (Å²) in [4.78, 5) is 13.9. The summed E-state index contributed by atoms with van der Waals surface area (Å²) in [5, 5.41) is 8.97. The fourth-order valence-corrected chi connectivity index (χ4v) is 1.70. The lowest BCUT2D eigenvalue weighted by molar-refractivity contribution is 0.0696. The molecule has 0 atom stereocenters. The maximum atomic E-state index is 10.9. The van der Waals surface area contributed by atoms with Crippen molar-refractivity contribution in [3.8, 4) is 5.75 Å². The third kappa shape index (κ3) is 2.47. The second-order valence-corrected chi connectivity index (χ2v) is 3.70. The highest BCUT2D eigenvalue weighted by atomic mass is 16.5. The van der Waals surface area contributed by atoms with Crippen LogP contribution in [0.2, 0.25) is 0 Å². The molecule has 1 aromatic heterocycles. The van der Waals surface area contributed by atoms with E-state index >= 15 is 0 Å².